The summed E-state index contributed by atoms with van der Waals surface area (Å²) in [6.45, 7) is 6.18. The lowest BCUT2D eigenvalue weighted by Gasteiger charge is -2.17. The van der Waals surface area contributed by atoms with Gasteiger partial charge in [0, 0.05) is 0 Å². The molecule has 0 amide bonds. The fraction of sp³-hybridized carbons (Fsp3) is 0.579. The standard InChI is InChI=1S/C19H28O4/c1-4-5-6-7-8-9-10-15-14(13(2)3)11-12-16(18(20)21)17(15)19(22)23/h11-13H,4-10H2,1-3H3,(H,20,21)(H,22,23). The van der Waals surface area contributed by atoms with Gasteiger partial charge in [-0.3, -0.25) is 0 Å². The molecule has 23 heavy (non-hydrogen) atoms. The van der Waals surface area contributed by atoms with Gasteiger partial charge >= 0.3 is 11.9 Å². The van der Waals surface area contributed by atoms with Gasteiger partial charge in [-0.2, -0.15) is 0 Å². The topological polar surface area (TPSA) is 74.6 Å². The summed E-state index contributed by atoms with van der Waals surface area (Å²) in [4.78, 5) is 23.0. The van der Waals surface area contributed by atoms with E-state index in [1.54, 1.807) is 6.07 Å². The van der Waals surface area contributed by atoms with Crippen LogP contribution >= 0.6 is 0 Å². The van der Waals surface area contributed by atoms with Crippen LogP contribution in [0.2, 0.25) is 0 Å². The van der Waals surface area contributed by atoms with Crippen LogP contribution in [-0.2, 0) is 6.42 Å². The summed E-state index contributed by atoms with van der Waals surface area (Å²) in [7, 11) is 0. The lowest BCUT2D eigenvalue weighted by molar-refractivity contribution is 0.0650. The lowest BCUT2D eigenvalue weighted by Crippen LogP contribution is -2.14. The molecule has 0 saturated heterocycles. The van der Waals surface area contributed by atoms with Gasteiger partial charge in [-0.25, -0.2) is 9.59 Å². The Morgan fingerprint density at radius 2 is 1.57 bits per heavy atom. The van der Waals surface area contributed by atoms with Gasteiger partial charge < -0.3 is 10.2 Å². The molecular weight excluding hydrogens is 292 g/mol. The van der Waals surface area contributed by atoms with Gasteiger partial charge in [-0.05, 0) is 36.0 Å². The summed E-state index contributed by atoms with van der Waals surface area (Å²) in [5, 5.41) is 18.8. The molecule has 0 saturated carbocycles. The molecule has 2 N–H and O–H groups in total. The van der Waals surface area contributed by atoms with E-state index in [-0.39, 0.29) is 17.0 Å². The van der Waals surface area contributed by atoms with Crippen molar-refractivity contribution in [3.63, 3.8) is 0 Å². The van der Waals surface area contributed by atoms with Crippen molar-refractivity contribution >= 4 is 11.9 Å². The third-order valence-electron chi connectivity index (χ3n) is 4.20. The minimum atomic E-state index is -1.18. The summed E-state index contributed by atoms with van der Waals surface area (Å²) in [6, 6.07) is 3.19. The van der Waals surface area contributed by atoms with E-state index in [4.69, 9.17) is 0 Å². The maximum Gasteiger partial charge on any atom is 0.336 e. The minimum absolute atomic E-state index is 0.0303. The zero-order chi connectivity index (χ0) is 17.4. The molecule has 0 heterocycles. The zero-order valence-corrected chi connectivity index (χ0v) is 14.4. The van der Waals surface area contributed by atoms with E-state index in [0.717, 1.165) is 24.8 Å². The number of hydrogen-bond acceptors (Lipinski definition) is 2. The summed E-state index contributed by atoms with van der Waals surface area (Å²) >= 11 is 0. The van der Waals surface area contributed by atoms with Crippen molar-refractivity contribution in [1.82, 2.24) is 0 Å². The largest absolute Gasteiger partial charge is 0.478 e. The summed E-state index contributed by atoms with van der Waals surface area (Å²) in [5.74, 6) is -2.15. The number of carboxylic acids is 2. The number of rotatable bonds is 10. The minimum Gasteiger partial charge on any atom is -0.478 e. The van der Waals surface area contributed by atoms with E-state index in [1.807, 2.05) is 13.8 Å². The van der Waals surface area contributed by atoms with Gasteiger partial charge in [0.2, 0.25) is 0 Å². The van der Waals surface area contributed by atoms with Crippen molar-refractivity contribution in [2.24, 2.45) is 0 Å². The highest BCUT2D eigenvalue weighted by Crippen LogP contribution is 2.28. The normalized spacial score (nSPS) is 11.0. The van der Waals surface area contributed by atoms with Crippen LogP contribution in [0.15, 0.2) is 12.1 Å². The van der Waals surface area contributed by atoms with Crippen LogP contribution in [0.25, 0.3) is 0 Å². The van der Waals surface area contributed by atoms with E-state index in [9.17, 15) is 19.8 Å². The quantitative estimate of drug-likeness (QED) is 0.587. The van der Waals surface area contributed by atoms with E-state index in [0.29, 0.717) is 12.0 Å². The molecule has 4 nitrogen and oxygen atoms in total. The molecule has 0 radical (unpaired) electrons. The van der Waals surface area contributed by atoms with Gasteiger partial charge in [-0.1, -0.05) is 58.9 Å². The van der Waals surface area contributed by atoms with Crippen LogP contribution in [-0.4, -0.2) is 22.2 Å². The van der Waals surface area contributed by atoms with Crippen LogP contribution in [0.1, 0.15) is 97.1 Å². The Morgan fingerprint density at radius 3 is 2.09 bits per heavy atom. The molecule has 0 atom stereocenters. The van der Waals surface area contributed by atoms with Crippen molar-refractivity contribution in [3.8, 4) is 0 Å². The molecule has 1 rings (SSSR count). The zero-order valence-electron chi connectivity index (χ0n) is 14.4. The lowest BCUT2D eigenvalue weighted by atomic mass is 9.87. The van der Waals surface area contributed by atoms with Crippen LogP contribution < -0.4 is 0 Å². The molecule has 1 aromatic rings. The summed E-state index contributed by atoms with van der Waals surface area (Å²) in [6.07, 6.45) is 7.34. The van der Waals surface area contributed by atoms with Crippen molar-refractivity contribution in [2.75, 3.05) is 0 Å². The second-order valence-corrected chi connectivity index (χ2v) is 6.34. The maximum absolute atomic E-state index is 11.6. The molecule has 0 unspecified atom stereocenters. The molecular formula is C19H28O4. The Balaban J connectivity index is 3.02. The van der Waals surface area contributed by atoms with Crippen LogP contribution in [0, 0.1) is 0 Å². The number of carbonyl (C=O) groups is 2. The van der Waals surface area contributed by atoms with Gasteiger partial charge in [-0.15, -0.1) is 0 Å². The molecule has 4 heteroatoms. The van der Waals surface area contributed by atoms with Crippen molar-refractivity contribution in [2.45, 2.75) is 71.6 Å². The summed E-state index contributed by atoms with van der Waals surface area (Å²) < 4.78 is 0. The maximum atomic E-state index is 11.6. The van der Waals surface area contributed by atoms with Crippen molar-refractivity contribution in [3.05, 3.63) is 34.4 Å². The predicted molar refractivity (Wildman–Crippen MR) is 91.5 cm³/mol. The first-order valence-electron chi connectivity index (χ1n) is 8.52. The van der Waals surface area contributed by atoms with E-state index >= 15 is 0 Å². The van der Waals surface area contributed by atoms with Crippen LogP contribution in [0.3, 0.4) is 0 Å². The Kier molecular flexibility index (Phi) is 7.79. The highest BCUT2D eigenvalue weighted by atomic mass is 16.4. The third kappa shape index (κ3) is 5.38. The molecule has 0 spiro atoms. The fourth-order valence-corrected chi connectivity index (χ4v) is 2.98. The average Bonchev–Trinajstić information content (AvgIpc) is 2.49. The van der Waals surface area contributed by atoms with Crippen LogP contribution in [0.5, 0.6) is 0 Å². The molecule has 128 valence electrons. The molecule has 0 aliphatic heterocycles. The number of aromatic carboxylic acids is 2. The van der Waals surface area contributed by atoms with Gasteiger partial charge in [0.1, 0.15) is 0 Å². The SMILES string of the molecule is CCCCCCCCc1c(C(C)C)ccc(C(=O)O)c1C(=O)O. The Hall–Kier alpha value is -1.84. The van der Waals surface area contributed by atoms with E-state index in [1.165, 1.54) is 25.3 Å². The Labute approximate surface area is 138 Å². The Morgan fingerprint density at radius 1 is 0.957 bits per heavy atom. The molecule has 1 aromatic carbocycles. The third-order valence-corrected chi connectivity index (χ3v) is 4.20. The van der Waals surface area contributed by atoms with Crippen molar-refractivity contribution in [1.29, 1.82) is 0 Å². The highest BCUT2D eigenvalue weighted by molar-refractivity contribution is 6.03. The molecule has 0 aromatic heterocycles. The number of unbranched alkanes of at least 4 members (excludes halogenated alkanes) is 5. The van der Waals surface area contributed by atoms with Gasteiger partial charge in [0.15, 0.2) is 0 Å². The molecule has 0 aliphatic carbocycles. The van der Waals surface area contributed by atoms with Gasteiger partial charge in [0.05, 0.1) is 11.1 Å². The highest BCUT2D eigenvalue weighted by Gasteiger charge is 2.23. The van der Waals surface area contributed by atoms with E-state index in [2.05, 4.69) is 6.92 Å². The number of benzene rings is 1. The second-order valence-electron chi connectivity index (χ2n) is 6.34. The average molecular weight is 320 g/mol. The van der Waals surface area contributed by atoms with Crippen molar-refractivity contribution < 1.29 is 19.8 Å². The number of hydrogen-bond donors (Lipinski definition) is 2. The smallest absolute Gasteiger partial charge is 0.336 e. The first kappa shape index (κ1) is 19.2. The predicted octanol–water partition coefficient (Wildman–Crippen LogP) is 5.11. The van der Waals surface area contributed by atoms with Gasteiger partial charge in [0.25, 0.3) is 0 Å². The first-order valence-corrected chi connectivity index (χ1v) is 8.52. The summed E-state index contributed by atoms with van der Waals surface area (Å²) in [5.41, 5.74) is 1.50. The Bertz CT molecular complexity index is 547. The molecule has 0 aliphatic rings. The van der Waals surface area contributed by atoms with Crippen LogP contribution in [0.4, 0.5) is 0 Å². The number of carboxylic acid groups (broad SMARTS) is 2. The molecule has 0 bridgehead atoms. The monoisotopic (exact) mass is 320 g/mol. The fourth-order valence-electron chi connectivity index (χ4n) is 2.98. The van der Waals surface area contributed by atoms with E-state index < -0.39 is 11.9 Å². The molecule has 0 fully saturated rings. The first-order chi connectivity index (χ1) is 10.9. The second kappa shape index (κ2) is 9.33.